The van der Waals surface area contributed by atoms with Gasteiger partial charge >= 0.3 is 0 Å². The number of fused-ring (bicyclic) bond motifs is 3. The fourth-order valence-electron chi connectivity index (χ4n) is 4.22. The minimum absolute atomic E-state index is 0.372. The predicted molar refractivity (Wildman–Crippen MR) is 116 cm³/mol. The molecule has 0 aliphatic carbocycles. The number of benzene rings is 2. The second-order valence-electron chi connectivity index (χ2n) is 7.88. The van der Waals surface area contributed by atoms with Crippen LogP contribution in [0.5, 0.6) is 0 Å². The molecule has 0 atom stereocenters. The van der Waals surface area contributed by atoms with Crippen LogP contribution in [-0.4, -0.2) is 43.8 Å². The molecule has 1 saturated heterocycles. The third kappa shape index (κ3) is 3.46. The van der Waals surface area contributed by atoms with Crippen molar-refractivity contribution in [3.8, 4) is 6.07 Å². The van der Waals surface area contributed by atoms with Gasteiger partial charge in [-0.3, -0.25) is 4.90 Å². The number of hydrogen-bond acceptors (Lipinski definition) is 6. The lowest BCUT2D eigenvalue weighted by Crippen LogP contribution is -2.38. The van der Waals surface area contributed by atoms with Crippen LogP contribution < -0.4 is 5.32 Å². The maximum absolute atomic E-state index is 9.10. The third-order valence-corrected chi connectivity index (χ3v) is 5.81. The molecule has 0 unspecified atom stereocenters. The molecule has 7 heteroatoms. The number of nitrogens with zero attached hydrogens (tertiary/aromatic N) is 6. The summed E-state index contributed by atoms with van der Waals surface area (Å²) < 4.78 is 1.82. The molecule has 1 aliphatic rings. The number of likely N-dealkylation sites (tertiary alicyclic amines) is 1. The molecule has 0 bridgehead atoms. The summed E-state index contributed by atoms with van der Waals surface area (Å²) in [6.45, 7) is 4.83. The topological polar surface area (TPSA) is 82.1 Å². The van der Waals surface area contributed by atoms with E-state index in [0.29, 0.717) is 6.04 Å². The SMILES string of the molecule is Cc1nnc2c3ccccc3c(NC3CCN(Cc4cccc(C#N)c4)CC3)nn12. The molecule has 1 fully saturated rings. The normalized spacial score (nSPS) is 15.5. The maximum Gasteiger partial charge on any atom is 0.185 e. The monoisotopic (exact) mass is 397 g/mol. The quantitative estimate of drug-likeness (QED) is 0.567. The van der Waals surface area contributed by atoms with Crippen molar-refractivity contribution in [2.75, 3.05) is 18.4 Å². The molecule has 0 spiro atoms. The van der Waals surface area contributed by atoms with Crippen LogP contribution in [0.4, 0.5) is 5.82 Å². The summed E-state index contributed by atoms with van der Waals surface area (Å²) >= 11 is 0. The zero-order chi connectivity index (χ0) is 20.5. The van der Waals surface area contributed by atoms with Gasteiger partial charge in [-0.15, -0.1) is 15.3 Å². The Bertz CT molecular complexity index is 1250. The molecule has 4 aromatic rings. The fraction of sp³-hybridized carbons (Fsp3) is 0.304. The van der Waals surface area contributed by atoms with Crippen molar-refractivity contribution < 1.29 is 0 Å². The molecule has 0 radical (unpaired) electrons. The lowest BCUT2D eigenvalue weighted by molar-refractivity contribution is 0.211. The average molecular weight is 397 g/mol. The van der Waals surface area contributed by atoms with Crippen molar-refractivity contribution in [2.45, 2.75) is 32.4 Å². The molecule has 1 aliphatic heterocycles. The van der Waals surface area contributed by atoms with Crippen LogP contribution in [0.15, 0.2) is 48.5 Å². The van der Waals surface area contributed by atoms with E-state index in [1.165, 1.54) is 5.56 Å². The summed E-state index contributed by atoms with van der Waals surface area (Å²) in [7, 11) is 0. The molecule has 1 N–H and O–H groups in total. The lowest BCUT2D eigenvalue weighted by atomic mass is 10.0. The molecule has 30 heavy (non-hydrogen) atoms. The molecule has 2 aromatic carbocycles. The molecular weight excluding hydrogens is 374 g/mol. The van der Waals surface area contributed by atoms with Crippen molar-refractivity contribution in [3.63, 3.8) is 0 Å². The van der Waals surface area contributed by atoms with Crippen molar-refractivity contribution >= 4 is 22.2 Å². The summed E-state index contributed by atoms with van der Waals surface area (Å²) in [5, 5.41) is 28.2. The highest BCUT2D eigenvalue weighted by molar-refractivity contribution is 5.99. The van der Waals surface area contributed by atoms with Crippen molar-refractivity contribution in [1.29, 1.82) is 5.26 Å². The zero-order valence-corrected chi connectivity index (χ0v) is 16.9. The second kappa shape index (κ2) is 7.73. The number of hydrogen-bond donors (Lipinski definition) is 1. The summed E-state index contributed by atoms with van der Waals surface area (Å²) in [6.07, 6.45) is 2.10. The van der Waals surface area contributed by atoms with E-state index in [1.807, 2.05) is 41.8 Å². The molecule has 0 saturated carbocycles. The molecule has 0 amide bonds. The smallest absolute Gasteiger partial charge is 0.185 e. The van der Waals surface area contributed by atoms with E-state index in [0.717, 1.165) is 66.1 Å². The van der Waals surface area contributed by atoms with Gasteiger partial charge in [0.15, 0.2) is 17.3 Å². The summed E-state index contributed by atoms with van der Waals surface area (Å²) in [5.41, 5.74) is 2.71. The predicted octanol–water partition coefficient (Wildman–Crippen LogP) is 3.53. The Morgan fingerprint density at radius 2 is 1.87 bits per heavy atom. The number of aromatic nitrogens is 4. The van der Waals surface area contributed by atoms with E-state index >= 15 is 0 Å². The lowest BCUT2D eigenvalue weighted by Gasteiger charge is -2.32. The van der Waals surface area contributed by atoms with Gasteiger partial charge in [0.05, 0.1) is 11.6 Å². The van der Waals surface area contributed by atoms with Gasteiger partial charge in [-0.25, -0.2) is 0 Å². The summed E-state index contributed by atoms with van der Waals surface area (Å²) in [5.74, 6) is 1.68. The molecule has 150 valence electrons. The van der Waals surface area contributed by atoms with Crippen LogP contribution in [0.1, 0.15) is 29.8 Å². The molecule has 7 nitrogen and oxygen atoms in total. The molecular formula is C23H23N7. The van der Waals surface area contributed by atoms with Gasteiger partial charge in [0, 0.05) is 36.4 Å². The minimum Gasteiger partial charge on any atom is -0.365 e. The first-order valence-electron chi connectivity index (χ1n) is 10.3. The average Bonchev–Trinajstić information content (AvgIpc) is 3.16. The molecule has 3 heterocycles. The van der Waals surface area contributed by atoms with Gasteiger partial charge in [-0.1, -0.05) is 36.4 Å². The van der Waals surface area contributed by atoms with E-state index in [9.17, 15) is 0 Å². The van der Waals surface area contributed by atoms with E-state index in [-0.39, 0.29) is 0 Å². The van der Waals surface area contributed by atoms with Crippen LogP contribution in [0, 0.1) is 18.3 Å². The number of anilines is 1. The summed E-state index contributed by atoms with van der Waals surface area (Å²) in [6, 6.07) is 18.7. The number of nitriles is 1. The first-order valence-corrected chi connectivity index (χ1v) is 10.3. The second-order valence-corrected chi connectivity index (χ2v) is 7.88. The zero-order valence-electron chi connectivity index (χ0n) is 16.9. The van der Waals surface area contributed by atoms with E-state index in [4.69, 9.17) is 10.4 Å². The number of rotatable bonds is 4. The van der Waals surface area contributed by atoms with Gasteiger partial charge in [-0.2, -0.15) is 9.78 Å². The Labute approximate surface area is 175 Å². The van der Waals surface area contributed by atoms with Gasteiger partial charge in [0.25, 0.3) is 0 Å². The Kier molecular flexibility index (Phi) is 4.77. The Hall–Kier alpha value is -3.50. The highest BCUT2D eigenvalue weighted by Gasteiger charge is 2.21. The first kappa shape index (κ1) is 18.5. The highest BCUT2D eigenvalue weighted by Crippen LogP contribution is 2.27. The van der Waals surface area contributed by atoms with Crippen LogP contribution in [-0.2, 0) is 6.54 Å². The van der Waals surface area contributed by atoms with E-state index < -0.39 is 0 Å². The highest BCUT2D eigenvalue weighted by atomic mass is 15.4. The Morgan fingerprint density at radius 3 is 2.67 bits per heavy atom. The largest absolute Gasteiger partial charge is 0.365 e. The van der Waals surface area contributed by atoms with Crippen molar-refractivity contribution in [2.24, 2.45) is 0 Å². The van der Waals surface area contributed by atoms with Gasteiger partial charge in [-0.05, 0) is 37.5 Å². The van der Waals surface area contributed by atoms with Crippen molar-refractivity contribution in [1.82, 2.24) is 24.7 Å². The molecule has 2 aromatic heterocycles. The Morgan fingerprint density at radius 1 is 1.07 bits per heavy atom. The van der Waals surface area contributed by atoms with E-state index in [2.05, 4.69) is 44.7 Å². The minimum atomic E-state index is 0.372. The Balaban J connectivity index is 1.31. The summed E-state index contributed by atoms with van der Waals surface area (Å²) in [4.78, 5) is 2.45. The van der Waals surface area contributed by atoms with Gasteiger partial charge in [0.2, 0.25) is 0 Å². The number of nitrogens with one attached hydrogen (secondary N) is 1. The van der Waals surface area contributed by atoms with Crippen LogP contribution in [0.3, 0.4) is 0 Å². The number of aryl methyl sites for hydroxylation is 1. The first-order chi connectivity index (χ1) is 14.7. The number of piperidine rings is 1. The third-order valence-electron chi connectivity index (χ3n) is 5.81. The maximum atomic E-state index is 9.10. The van der Waals surface area contributed by atoms with Crippen LogP contribution in [0.25, 0.3) is 16.4 Å². The van der Waals surface area contributed by atoms with Gasteiger partial charge in [0.1, 0.15) is 0 Å². The molecule has 5 rings (SSSR count). The van der Waals surface area contributed by atoms with Crippen LogP contribution >= 0.6 is 0 Å². The van der Waals surface area contributed by atoms with E-state index in [1.54, 1.807) is 0 Å². The van der Waals surface area contributed by atoms with Crippen molar-refractivity contribution in [3.05, 3.63) is 65.5 Å². The standard InChI is InChI=1S/C23H23N7/c1-16-26-27-23-21-8-3-2-7-20(21)22(28-30(16)23)25-19-9-11-29(12-10-19)15-18-6-4-5-17(13-18)14-24/h2-8,13,19H,9-12,15H2,1H3,(H,25,28). The van der Waals surface area contributed by atoms with Crippen LogP contribution in [0.2, 0.25) is 0 Å². The van der Waals surface area contributed by atoms with Gasteiger partial charge < -0.3 is 5.32 Å². The fourth-order valence-corrected chi connectivity index (χ4v) is 4.22.